The molecule has 0 unspecified atom stereocenters. The monoisotopic (exact) mass is 302 g/mol. The average Bonchev–Trinajstić information content (AvgIpc) is 2.41. The summed E-state index contributed by atoms with van der Waals surface area (Å²) in [7, 11) is 0. The molecule has 0 amide bonds. The first kappa shape index (κ1) is 15.1. The van der Waals surface area contributed by atoms with Gasteiger partial charge in [0.2, 0.25) is 0 Å². The number of hydrogen-bond acceptors (Lipinski definition) is 2. The summed E-state index contributed by atoms with van der Waals surface area (Å²) in [6.07, 6.45) is 2.62. The number of ether oxygens (including phenoxy) is 1. The van der Waals surface area contributed by atoms with Crippen molar-refractivity contribution in [2.75, 3.05) is 0 Å². The van der Waals surface area contributed by atoms with E-state index in [1.165, 1.54) is 6.08 Å². The van der Waals surface area contributed by atoms with E-state index in [9.17, 15) is 4.79 Å². The van der Waals surface area contributed by atoms with Crippen LogP contribution >= 0.6 is 11.6 Å². The third-order valence-electron chi connectivity index (χ3n) is 2.93. The Bertz CT molecular complexity index is 705. The van der Waals surface area contributed by atoms with Crippen molar-refractivity contribution in [3.8, 4) is 11.5 Å². The van der Waals surface area contributed by atoms with Crippen LogP contribution in [0.1, 0.15) is 16.7 Å². The molecule has 2 aromatic rings. The Morgan fingerprint density at radius 3 is 2.52 bits per heavy atom. The minimum Gasteiger partial charge on any atom is -0.478 e. The van der Waals surface area contributed by atoms with Crippen LogP contribution in [0.5, 0.6) is 11.5 Å². The zero-order chi connectivity index (χ0) is 15.4. The Hall–Kier alpha value is -2.26. The Kier molecular flexibility index (Phi) is 4.66. The Labute approximate surface area is 128 Å². The third kappa shape index (κ3) is 4.10. The quantitative estimate of drug-likeness (QED) is 0.821. The van der Waals surface area contributed by atoms with E-state index in [-0.39, 0.29) is 0 Å². The first-order valence-electron chi connectivity index (χ1n) is 6.41. The van der Waals surface area contributed by atoms with Gasteiger partial charge in [0.05, 0.1) is 0 Å². The highest BCUT2D eigenvalue weighted by Crippen LogP contribution is 2.30. The molecule has 0 saturated heterocycles. The Balaban J connectivity index is 2.37. The number of carboxylic acid groups (broad SMARTS) is 1. The molecule has 0 heterocycles. The lowest BCUT2D eigenvalue weighted by Crippen LogP contribution is -1.92. The molecule has 0 atom stereocenters. The van der Waals surface area contributed by atoms with Crippen LogP contribution in [0.25, 0.3) is 6.08 Å². The van der Waals surface area contributed by atoms with E-state index in [1.807, 2.05) is 38.1 Å². The van der Waals surface area contributed by atoms with Crippen LogP contribution in [-0.2, 0) is 4.79 Å². The molecule has 2 aromatic carbocycles. The fourth-order valence-electron chi connectivity index (χ4n) is 1.90. The van der Waals surface area contributed by atoms with Crippen molar-refractivity contribution in [1.29, 1.82) is 0 Å². The molecule has 0 aliphatic heterocycles. The van der Waals surface area contributed by atoms with Crippen molar-refractivity contribution >= 4 is 23.6 Å². The first-order valence-corrected chi connectivity index (χ1v) is 6.79. The van der Waals surface area contributed by atoms with Crippen LogP contribution in [0.15, 0.2) is 42.5 Å². The summed E-state index contributed by atoms with van der Waals surface area (Å²) >= 11 is 5.92. The van der Waals surface area contributed by atoms with E-state index in [2.05, 4.69) is 0 Å². The van der Waals surface area contributed by atoms with Gasteiger partial charge in [-0.25, -0.2) is 4.79 Å². The van der Waals surface area contributed by atoms with E-state index in [0.29, 0.717) is 22.1 Å². The normalized spacial score (nSPS) is 10.8. The van der Waals surface area contributed by atoms with Gasteiger partial charge >= 0.3 is 5.97 Å². The van der Waals surface area contributed by atoms with Gasteiger partial charge in [-0.15, -0.1) is 0 Å². The van der Waals surface area contributed by atoms with Gasteiger partial charge in [-0.1, -0.05) is 23.2 Å². The number of carboxylic acids is 1. The number of hydrogen-bond donors (Lipinski definition) is 1. The number of benzene rings is 2. The molecule has 1 N–H and O–H groups in total. The van der Waals surface area contributed by atoms with Crippen molar-refractivity contribution in [1.82, 2.24) is 0 Å². The molecule has 0 aliphatic carbocycles. The lowest BCUT2D eigenvalue weighted by Gasteiger charge is -2.12. The largest absolute Gasteiger partial charge is 0.478 e. The molecule has 108 valence electrons. The molecule has 2 rings (SSSR count). The van der Waals surface area contributed by atoms with Gasteiger partial charge in [-0.3, -0.25) is 0 Å². The maximum atomic E-state index is 10.7. The van der Waals surface area contributed by atoms with Crippen molar-refractivity contribution in [2.24, 2.45) is 0 Å². The summed E-state index contributed by atoms with van der Waals surface area (Å²) in [6.45, 7) is 3.84. The zero-order valence-corrected chi connectivity index (χ0v) is 12.5. The minimum absolute atomic E-state index is 0.600. The van der Waals surface area contributed by atoms with Gasteiger partial charge in [0.15, 0.2) is 0 Å². The van der Waals surface area contributed by atoms with Crippen LogP contribution in [-0.4, -0.2) is 11.1 Å². The Morgan fingerprint density at radius 2 is 1.86 bits per heavy atom. The van der Waals surface area contributed by atoms with E-state index in [4.69, 9.17) is 21.4 Å². The summed E-state index contributed by atoms with van der Waals surface area (Å²) in [5, 5.41) is 9.41. The van der Waals surface area contributed by atoms with E-state index in [0.717, 1.165) is 17.2 Å². The smallest absolute Gasteiger partial charge is 0.328 e. The van der Waals surface area contributed by atoms with E-state index >= 15 is 0 Å². The predicted molar refractivity (Wildman–Crippen MR) is 84.1 cm³/mol. The van der Waals surface area contributed by atoms with Gasteiger partial charge in [-0.05, 0) is 55.8 Å². The van der Waals surface area contributed by atoms with Crippen LogP contribution in [0, 0.1) is 13.8 Å². The Morgan fingerprint density at radius 1 is 1.14 bits per heavy atom. The van der Waals surface area contributed by atoms with Gasteiger partial charge in [0.25, 0.3) is 0 Å². The number of carbonyl (C=O) groups is 1. The topological polar surface area (TPSA) is 46.5 Å². The zero-order valence-electron chi connectivity index (χ0n) is 11.8. The molecule has 0 spiro atoms. The van der Waals surface area contributed by atoms with Crippen molar-refractivity contribution in [3.05, 3.63) is 64.2 Å². The molecular formula is C17H15ClO3. The summed E-state index contributed by atoms with van der Waals surface area (Å²) < 4.78 is 5.88. The van der Waals surface area contributed by atoms with E-state index < -0.39 is 5.97 Å². The molecule has 0 aliphatic rings. The summed E-state index contributed by atoms with van der Waals surface area (Å²) in [4.78, 5) is 10.7. The van der Waals surface area contributed by atoms with E-state index in [1.54, 1.807) is 12.1 Å². The van der Waals surface area contributed by atoms with Gasteiger partial charge in [0.1, 0.15) is 11.5 Å². The summed E-state index contributed by atoms with van der Waals surface area (Å²) in [5.41, 5.74) is 2.66. The van der Waals surface area contributed by atoms with Gasteiger partial charge in [0, 0.05) is 16.7 Å². The molecule has 0 fully saturated rings. The third-order valence-corrected chi connectivity index (χ3v) is 3.16. The van der Waals surface area contributed by atoms with Crippen LogP contribution in [0.2, 0.25) is 5.02 Å². The number of aryl methyl sites for hydroxylation is 2. The average molecular weight is 303 g/mol. The summed E-state index contributed by atoms with van der Waals surface area (Å²) in [6, 6.07) is 11.0. The van der Waals surface area contributed by atoms with Gasteiger partial charge < -0.3 is 9.84 Å². The lowest BCUT2D eigenvalue weighted by molar-refractivity contribution is -0.131. The van der Waals surface area contributed by atoms with Crippen molar-refractivity contribution < 1.29 is 14.6 Å². The van der Waals surface area contributed by atoms with Gasteiger partial charge in [-0.2, -0.15) is 0 Å². The standard InChI is InChI=1S/C17H15ClO3/c1-11-3-6-16(13(9-11)4-8-17(19)20)21-15-7-5-14(18)10-12(15)2/h3-10H,1-2H3,(H,19,20)/b8-4+. The van der Waals surface area contributed by atoms with Crippen LogP contribution in [0.3, 0.4) is 0 Å². The molecule has 3 nitrogen and oxygen atoms in total. The molecule has 0 radical (unpaired) electrons. The number of halogens is 1. The molecule has 0 aromatic heterocycles. The second-order valence-electron chi connectivity index (χ2n) is 4.72. The second-order valence-corrected chi connectivity index (χ2v) is 5.16. The molecule has 0 bridgehead atoms. The SMILES string of the molecule is Cc1ccc(Oc2ccc(Cl)cc2C)c(/C=C/C(=O)O)c1. The maximum absolute atomic E-state index is 10.7. The number of rotatable bonds is 4. The minimum atomic E-state index is -0.995. The first-order chi connectivity index (χ1) is 9.95. The fourth-order valence-corrected chi connectivity index (χ4v) is 2.12. The lowest BCUT2D eigenvalue weighted by atomic mass is 10.1. The van der Waals surface area contributed by atoms with Crippen LogP contribution < -0.4 is 4.74 Å². The highest BCUT2D eigenvalue weighted by molar-refractivity contribution is 6.30. The predicted octanol–water partition coefficient (Wildman–Crippen LogP) is 4.85. The van der Waals surface area contributed by atoms with Crippen molar-refractivity contribution in [2.45, 2.75) is 13.8 Å². The molecular weight excluding hydrogens is 288 g/mol. The van der Waals surface area contributed by atoms with Crippen LogP contribution in [0.4, 0.5) is 0 Å². The highest BCUT2D eigenvalue weighted by Gasteiger charge is 2.06. The summed E-state index contributed by atoms with van der Waals surface area (Å²) in [5.74, 6) is 0.293. The van der Waals surface area contributed by atoms with Crippen molar-refractivity contribution in [3.63, 3.8) is 0 Å². The second kappa shape index (κ2) is 6.46. The molecule has 0 saturated carbocycles. The maximum Gasteiger partial charge on any atom is 0.328 e. The molecule has 4 heteroatoms. The molecule has 21 heavy (non-hydrogen) atoms. The fraction of sp³-hybridized carbons (Fsp3) is 0.118. The number of aliphatic carboxylic acids is 1. The highest BCUT2D eigenvalue weighted by atomic mass is 35.5.